The first kappa shape index (κ1) is 20.3. The van der Waals surface area contributed by atoms with Gasteiger partial charge in [-0.1, -0.05) is 65.0 Å². The topological polar surface area (TPSA) is 51.0 Å². The lowest BCUT2D eigenvalue weighted by Gasteiger charge is -2.22. The van der Waals surface area contributed by atoms with Gasteiger partial charge in [-0.15, -0.1) is 0 Å². The smallest absolute Gasteiger partial charge is 0.258 e. The van der Waals surface area contributed by atoms with E-state index in [9.17, 15) is 4.79 Å². The zero-order valence-electron chi connectivity index (χ0n) is 17.9. The number of nitrogens with zero attached hydrogens (tertiary/aromatic N) is 2. The third-order valence-electron chi connectivity index (χ3n) is 5.39. The first-order valence-electron chi connectivity index (χ1n) is 10.1. The summed E-state index contributed by atoms with van der Waals surface area (Å²) in [6.07, 6.45) is 0. The van der Waals surface area contributed by atoms with Crippen molar-refractivity contribution in [3.63, 3.8) is 0 Å². The van der Waals surface area contributed by atoms with Gasteiger partial charge in [-0.3, -0.25) is 9.20 Å². The van der Waals surface area contributed by atoms with Crippen molar-refractivity contribution in [2.75, 3.05) is 0 Å². The molecule has 0 unspecified atom stereocenters. The fraction of sp³-hybridized carbons (Fsp3) is 0.417. The van der Waals surface area contributed by atoms with Crippen LogP contribution in [-0.4, -0.2) is 9.38 Å². The monoisotopic (exact) mass is 378 g/mol. The molecule has 0 radical (unpaired) electrons. The van der Waals surface area contributed by atoms with E-state index >= 15 is 0 Å². The summed E-state index contributed by atoms with van der Waals surface area (Å²) in [4.78, 5) is 17.2. The third kappa shape index (κ3) is 4.33. The van der Waals surface area contributed by atoms with Crippen LogP contribution in [0, 0.1) is 12.8 Å². The highest BCUT2D eigenvalue weighted by Gasteiger charge is 2.21. The van der Waals surface area contributed by atoms with Crippen LogP contribution in [-0.2, 0) is 12.0 Å². The molecule has 0 aliphatic heterocycles. The lowest BCUT2D eigenvalue weighted by Crippen LogP contribution is -2.84. The number of fused-ring (bicyclic) bond motifs is 1. The number of hydrogen-bond acceptors (Lipinski definition) is 2. The molecule has 148 valence electrons. The second-order valence-corrected chi connectivity index (χ2v) is 9.03. The van der Waals surface area contributed by atoms with Crippen LogP contribution in [0.5, 0.6) is 0 Å². The molecule has 28 heavy (non-hydrogen) atoms. The summed E-state index contributed by atoms with van der Waals surface area (Å²) in [5, 5.41) is 2.30. The van der Waals surface area contributed by atoms with Gasteiger partial charge in [0.2, 0.25) is 0 Å². The Labute approximate surface area is 167 Å². The minimum Gasteiger partial charge on any atom is -0.335 e. The molecule has 1 aromatic carbocycles. The number of nitrogens with two attached hydrogens (primary N) is 1. The number of benzene rings is 1. The fourth-order valence-corrected chi connectivity index (χ4v) is 3.71. The molecule has 3 rings (SSSR count). The number of rotatable bonds is 5. The summed E-state index contributed by atoms with van der Waals surface area (Å²) >= 11 is 0. The zero-order valence-corrected chi connectivity index (χ0v) is 17.9. The van der Waals surface area contributed by atoms with Gasteiger partial charge in [0.25, 0.3) is 5.56 Å². The molecule has 0 bridgehead atoms. The molecular formula is C24H32N3O+. The van der Waals surface area contributed by atoms with Crippen LogP contribution in [0.25, 0.3) is 5.65 Å². The summed E-state index contributed by atoms with van der Waals surface area (Å²) in [6, 6.07) is 16.7. The van der Waals surface area contributed by atoms with E-state index < -0.39 is 0 Å². The molecule has 0 saturated carbocycles. The number of quaternary nitrogens is 1. The van der Waals surface area contributed by atoms with Gasteiger partial charge in [-0.05, 0) is 30.0 Å². The molecule has 0 amide bonds. The standard InChI is InChI=1S/C24H31N3O/c1-16(2)23(18-10-12-19(13-11-18)24(4,5)6)25-15-20-14-22(28)27-17(3)8-7-9-21(27)26-20/h7-14,16,23,25H,15H2,1-6H3/p+1/t23-/m1/s1. The SMILES string of the molecule is Cc1cccc2nc(C[NH2+][C@@H](c3ccc(C(C)(C)C)cc3)C(C)C)cc(=O)n12. The molecule has 2 heterocycles. The lowest BCUT2D eigenvalue weighted by atomic mass is 9.85. The van der Waals surface area contributed by atoms with Crippen molar-refractivity contribution in [3.05, 3.63) is 81.4 Å². The zero-order chi connectivity index (χ0) is 20.5. The number of hydrogen-bond donors (Lipinski definition) is 1. The molecule has 0 spiro atoms. The minimum atomic E-state index is -0.0119. The van der Waals surface area contributed by atoms with Crippen LogP contribution in [0.2, 0.25) is 0 Å². The van der Waals surface area contributed by atoms with Gasteiger partial charge >= 0.3 is 0 Å². The van der Waals surface area contributed by atoms with E-state index in [4.69, 9.17) is 4.98 Å². The Hall–Kier alpha value is -2.46. The molecule has 2 aromatic heterocycles. The highest BCUT2D eigenvalue weighted by molar-refractivity contribution is 5.40. The van der Waals surface area contributed by atoms with E-state index in [2.05, 4.69) is 64.2 Å². The van der Waals surface area contributed by atoms with Gasteiger partial charge in [0.05, 0.1) is 0 Å². The second kappa shape index (κ2) is 7.88. The molecule has 0 aliphatic carbocycles. The van der Waals surface area contributed by atoms with E-state index in [0.717, 1.165) is 11.4 Å². The summed E-state index contributed by atoms with van der Waals surface area (Å²) in [5.74, 6) is 0.476. The van der Waals surface area contributed by atoms with Gasteiger partial charge in [-0.25, -0.2) is 4.98 Å². The Morgan fingerprint density at radius 2 is 1.75 bits per heavy atom. The quantitative estimate of drug-likeness (QED) is 0.735. The summed E-state index contributed by atoms with van der Waals surface area (Å²) in [5.41, 5.74) is 5.26. The van der Waals surface area contributed by atoms with Gasteiger partial charge in [0.1, 0.15) is 23.9 Å². The Bertz CT molecular complexity index is 1010. The molecule has 1 atom stereocenters. The Morgan fingerprint density at radius 3 is 2.36 bits per heavy atom. The van der Waals surface area contributed by atoms with Crippen molar-refractivity contribution in [2.45, 2.75) is 59.5 Å². The van der Waals surface area contributed by atoms with Crippen LogP contribution < -0.4 is 10.9 Å². The molecular weight excluding hydrogens is 346 g/mol. The Kier molecular flexibility index (Phi) is 5.71. The van der Waals surface area contributed by atoms with E-state index in [1.165, 1.54) is 11.1 Å². The first-order valence-corrected chi connectivity index (χ1v) is 10.1. The predicted octanol–water partition coefficient (Wildman–Crippen LogP) is 3.76. The van der Waals surface area contributed by atoms with Crippen molar-refractivity contribution in [1.29, 1.82) is 0 Å². The highest BCUT2D eigenvalue weighted by Crippen LogP contribution is 2.25. The predicted molar refractivity (Wildman–Crippen MR) is 115 cm³/mol. The first-order chi connectivity index (χ1) is 13.2. The van der Waals surface area contributed by atoms with Crippen molar-refractivity contribution in [3.8, 4) is 0 Å². The van der Waals surface area contributed by atoms with Crippen molar-refractivity contribution in [2.24, 2.45) is 5.92 Å². The second-order valence-electron chi connectivity index (χ2n) is 9.03. The van der Waals surface area contributed by atoms with Crippen LogP contribution in [0.3, 0.4) is 0 Å². The van der Waals surface area contributed by atoms with Gasteiger partial charge < -0.3 is 5.32 Å². The summed E-state index contributed by atoms with van der Waals surface area (Å²) < 4.78 is 1.66. The maximum absolute atomic E-state index is 12.5. The van der Waals surface area contributed by atoms with Crippen LogP contribution >= 0.6 is 0 Å². The normalized spacial score (nSPS) is 13.2. The molecule has 4 nitrogen and oxygen atoms in total. The maximum atomic E-state index is 12.5. The van der Waals surface area contributed by atoms with Gasteiger partial charge in [0.15, 0.2) is 0 Å². The van der Waals surface area contributed by atoms with Gasteiger partial charge in [0, 0.05) is 23.2 Å². The maximum Gasteiger partial charge on any atom is 0.258 e. The lowest BCUT2D eigenvalue weighted by molar-refractivity contribution is -0.717. The average Bonchev–Trinajstić information content (AvgIpc) is 2.61. The van der Waals surface area contributed by atoms with Crippen molar-refractivity contribution >= 4 is 5.65 Å². The van der Waals surface area contributed by atoms with E-state index in [1.807, 2.05) is 25.1 Å². The summed E-state index contributed by atoms with van der Waals surface area (Å²) in [7, 11) is 0. The molecule has 4 heteroatoms. The van der Waals surface area contributed by atoms with Crippen LogP contribution in [0.15, 0.2) is 53.3 Å². The fourth-order valence-electron chi connectivity index (χ4n) is 3.71. The summed E-state index contributed by atoms with van der Waals surface area (Å²) in [6.45, 7) is 13.8. The molecule has 3 aromatic rings. The molecule has 0 aliphatic rings. The van der Waals surface area contributed by atoms with E-state index in [1.54, 1.807) is 10.5 Å². The Balaban J connectivity index is 1.83. The number of pyridine rings is 1. The van der Waals surface area contributed by atoms with Crippen molar-refractivity contribution < 1.29 is 5.32 Å². The van der Waals surface area contributed by atoms with Gasteiger partial charge in [-0.2, -0.15) is 0 Å². The number of aromatic nitrogens is 2. The Morgan fingerprint density at radius 1 is 1.07 bits per heavy atom. The molecule has 0 fully saturated rings. The minimum absolute atomic E-state index is 0.0119. The third-order valence-corrected chi connectivity index (χ3v) is 5.39. The average molecular weight is 379 g/mol. The van der Waals surface area contributed by atoms with Crippen molar-refractivity contribution in [1.82, 2.24) is 9.38 Å². The molecule has 2 N–H and O–H groups in total. The largest absolute Gasteiger partial charge is 0.335 e. The molecule has 0 saturated heterocycles. The van der Waals surface area contributed by atoms with E-state index in [0.29, 0.717) is 24.2 Å². The highest BCUT2D eigenvalue weighted by atomic mass is 16.1. The van der Waals surface area contributed by atoms with Crippen LogP contribution in [0.4, 0.5) is 0 Å². The van der Waals surface area contributed by atoms with Crippen LogP contribution in [0.1, 0.15) is 63.2 Å². The van der Waals surface area contributed by atoms with E-state index in [-0.39, 0.29) is 11.0 Å². The number of aryl methyl sites for hydroxylation is 1.